The molecular weight excluding hydrogens is 254 g/mol. The number of fused-ring (bicyclic) bond motifs is 1. The van der Waals surface area contributed by atoms with Gasteiger partial charge in [-0.2, -0.15) is 0 Å². The molecule has 2 nitrogen and oxygen atoms in total. The number of thiophene rings is 1. The summed E-state index contributed by atoms with van der Waals surface area (Å²) in [5, 5.41) is 3.03. The normalized spacial score (nSPS) is 13.4. The molecule has 3 heteroatoms. The summed E-state index contributed by atoms with van der Waals surface area (Å²) >= 11 is 1.65. The molecule has 1 N–H and O–H groups in total. The molecule has 0 bridgehead atoms. The average Bonchev–Trinajstić information content (AvgIpc) is 2.95. The monoisotopic (exact) mass is 271 g/mol. The van der Waals surface area contributed by atoms with Gasteiger partial charge in [0.1, 0.15) is 0 Å². The third kappa shape index (κ3) is 2.30. The van der Waals surface area contributed by atoms with Crippen LogP contribution in [0.3, 0.4) is 0 Å². The van der Waals surface area contributed by atoms with E-state index in [1.807, 2.05) is 19.1 Å². The lowest BCUT2D eigenvalue weighted by atomic mass is 10.1. The van der Waals surface area contributed by atoms with Crippen LogP contribution in [0.2, 0.25) is 0 Å². The highest BCUT2D eigenvalue weighted by Crippen LogP contribution is 2.31. The Morgan fingerprint density at radius 1 is 1.26 bits per heavy atom. The second kappa shape index (κ2) is 4.82. The summed E-state index contributed by atoms with van der Waals surface area (Å²) in [5.74, 6) is 0.0214. The lowest BCUT2D eigenvalue weighted by Crippen LogP contribution is -2.11. The van der Waals surface area contributed by atoms with Gasteiger partial charge in [0, 0.05) is 10.6 Å². The maximum atomic E-state index is 12.3. The van der Waals surface area contributed by atoms with Crippen LogP contribution in [-0.4, -0.2) is 5.91 Å². The second-order valence-electron chi connectivity index (χ2n) is 5.11. The first-order valence-electron chi connectivity index (χ1n) is 6.64. The third-order valence-electron chi connectivity index (χ3n) is 3.82. The molecule has 1 aromatic heterocycles. The summed E-state index contributed by atoms with van der Waals surface area (Å²) in [6, 6.07) is 8.06. The number of hydrogen-bond acceptors (Lipinski definition) is 2. The molecule has 0 unspecified atom stereocenters. The van der Waals surface area contributed by atoms with E-state index in [0.717, 1.165) is 29.0 Å². The molecule has 0 radical (unpaired) electrons. The molecule has 2 aromatic rings. The minimum Gasteiger partial charge on any atom is -0.321 e. The number of amides is 1. The van der Waals surface area contributed by atoms with Gasteiger partial charge in [0.25, 0.3) is 5.91 Å². The fraction of sp³-hybridized carbons (Fsp3) is 0.312. The van der Waals surface area contributed by atoms with Gasteiger partial charge in [-0.25, -0.2) is 0 Å². The minimum atomic E-state index is 0.0214. The van der Waals surface area contributed by atoms with E-state index in [-0.39, 0.29) is 5.91 Å². The predicted molar refractivity (Wildman–Crippen MR) is 80.2 cm³/mol. The molecule has 19 heavy (non-hydrogen) atoms. The lowest BCUT2D eigenvalue weighted by Gasteiger charge is -2.09. The van der Waals surface area contributed by atoms with Crippen LogP contribution >= 0.6 is 11.3 Å². The van der Waals surface area contributed by atoms with Gasteiger partial charge in [-0.15, -0.1) is 11.3 Å². The van der Waals surface area contributed by atoms with Crippen molar-refractivity contribution in [1.82, 2.24) is 0 Å². The van der Waals surface area contributed by atoms with E-state index in [0.29, 0.717) is 0 Å². The number of nitrogens with one attached hydrogen (secondary N) is 1. The van der Waals surface area contributed by atoms with E-state index in [9.17, 15) is 4.79 Å². The van der Waals surface area contributed by atoms with Crippen LogP contribution in [0.1, 0.15) is 37.7 Å². The quantitative estimate of drug-likeness (QED) is 0.875. The number of aryl methyl sites for hydroxylation is 3. The highest BCUT2D eigenvalue weighted by atomic mass is 32.1. The number of hydrogen-bond donors (Lipinski definition) is 1. The number of anilines is 1. The van der Waals surface area contributed by atoms with Crippen molar-refractivity contribution < 1.29 is 4.79 Å². The van der Waals surface area contributed by atoms with Crippen molar-refractivity contribution in [2.24, 2.45) is 0 Å². The molecule has 0 saturated heterocycles. The fourth-order valence-corrected chi connectivity index (χ4v) is 3.66. The van der Waals surface area contributed by atoms with Gasteiger partial charge in [-0.3, -0.25) is 4.79 Å². The van der Waals surface area contributed by atoms with Crippen LogP contribution in [0.15, 0.2) is 24.3 Å². The van der Waals surface area contributed by atoms with Crippen LogP contribution in [-0.2, 0) is 12.8 Å². The predicted octanol–water partition coefficient (Wildman–Crippen LogP) is 4.11. The molecule has 1 aromatic carbocycles. The van der Waals surface area contributed by atoms with Gasteiger partial charge in [0.15, 0.2) is 0 Å². The van der Waals surface area contributed by atoms with Gasteiger partial charge in [-0.1, -0.05) is 12.1 Å². The average molecular weight is 271 g/mol. The highest BCUT2D eigenvalue weighted by molar-refractivity contribution is 7.14. The Morgan fingerprint density at radius 2 is 2.11 bits per heavy atom. The van der Waals surface area contributed by atoms with Crippen LogP contribution < -0.4 is 5.32 Å². The van der Waals surface area contributed by atoms with E-state index in [1.165, 1.54) is 22.4 Å². The zero-order valence-corrected chi connectivity index (χ0v) is 12.1. The molecule has 1 aliphatic rings. The molecular formula is C16H17NOS. The molecule has 0 spiro atoms. The van der Waals surface area contributed by atoms with E-state index >= 15 is 0 Å². The molecule has 3 rings (SSSR count). The standard InChI is InChI=1S/C16H17NOS/c1-10-5-3-7-13(11(10)2)17-16(18)15-9-12-6-4-8-14(12)19-15/h3,5,7,9H,4,6,8H2,1-2H3,(H,17,18). The Morgan fingerprint density at radius 3 is 2.89 bits per heavy atom. The van der Waals surface area contributed by atoms with Gasteiger partial charge < -0.3 is 5.32 Å². The lowest BCUT2D eigenvalue weighted by molar-refractivity contribution is 0.103. The molecule has 1 amide bonds. The van der Waals surface area contributed by atoms with Gasteiger partial charge >= 0.3 is 0 Å². The molecule has 98 valence electrons. The molecule has 0 aliphatic heterocycles. The first-order valence-corrected chi connectivity index (χ1v) is 7.46. The van der Waals surface area contributed by atoms with E-state index in [4.69, 9.17) is 0 Å². The Kier molecular flexibility index (Phi) is 3.15. The highest BCUT2D eigenvalue weighted by Gasteiger charge is 2.18. The van der Waals surface area contributed by atoms with E-state index in [1.54, 1.807) is 11.3 Å². The van der Waals surface area contributed by atoms with E-state index in [2.05, 4.69) is 24.4 Å². The van der Waals surface area contributed by atoms with Crippen molar-refractivity contribution in [3.05, 3.63) is 50.7 Å². The van der Waals surface area contributed by atoms with Crippen LogP contribution in [0, 0.1) is 13.8 Å². The smallest absolute Gasteiger partial charge is 0.265 e. The summed E-state index contributed by atoms with van der Waals surface area (Å²) in [6.07, 6.45) is 3.50. The minimum absolute atomic E-state index is 0.0214. The Hall–Kier alpha value is -1.61. The Balaban J connectivity index is 1.82. The van der Waals surface area contributed by atoms with Crippen molar-refractivity contribution in [2.75, 3.05) is 5.32 Å². The second-order valence-corrected chi connectivity index (χ2v) is 6.25. The number of carbonyl (C=O) groups excluding carboxylic acids is 1. The van der Waals surface area contributed by atoms with Crippen LogP contribution in [0.25, 0.3) is 0 Å². The van der Waals surface area contributed by atoms with Gasteiger partial charge in [0.2, 0.25) is 0 Å². The molecule has 1 aliphatic carbocycles. The maximum Gasteiger partial charge on any atom is 0.265 e. The van der Waals surface area contributed by atoms with Crippen molar-refractivity contribution in [3.63, 3.8) is 0 Å². The van der Waals surface area contributed by atoms with Crippen molar-refractivity contribution in [3.8, 4) is 0 Å². The zero-order chi connectivity index (χ0) is 13.4. The zero-order valence-electron chi connectivity index (χ0n) is 11.2. The summed E-state index contributed by atoms with van der Waals surface area (Å²) in [5.41, 5.74) is 4.63. The summed E-state index contributed by atoms with van der Waals surface area (Å²) < 4.78 is 0. The first kappa shape index (κ1) is 12.4. The van der Waals surface area contributed by atoms with Gasteiger partial charge in [0.05, 0.1) is 4.88 Å². The number of carbonyl (C=O) groups is 1. The van der Waals surface area contributed by atoms with Crippen molar-refractivity contribution in [2.45, 2.75) is 33.1 Å². The maximum absolute atomic E-state index is 12.3. The summed E-state index contributed by atoms with van der Waals surface area (Å²) in [7, 11) is 0. The van der Waals surface area contributed by atoms with Crippen LogP contribution in [0.5, 0.6) is 0 Å². The summed E-state index contributed by atoms with van der Waals surface area (Å²) in [4.78, 5) is 14.5. The van der Waals surface area contributed by atoms with E-state index < -0.39 is 0 Å². The molecule has 0 atom stereocenters. The molecule has 0 saturated carbocycles. The third-order valence-corrected chi connectivity index (χ3v) is 5.06. The number of benzene rings is 1. The van der Waals surface area contributed by atoms with Crippen molar-refractivity contribution >= 4 is 22.9 Å². The van der Waals surface area contributed by atoms with Gasteiger partial charge in [-0.05, 0) is 61.9 Å². The molecule has 0 fully saturated rings. The van der Waals surface area contributed by atoms with Crippen LogP contribution in [0.4, 0.5) is 5.69 Å². The number of rotatable bonds is 2. The fourth-order valence-electron chi connectivity index (χ4n) is 2.51. The SMILES string of the molecule is Cc1cccc(NC(=O)c2cc3c(s2)CCC3)c1C. The Labute approximate surface area is 117 Å². The Bertz CT molecular complexity index is 621. The topological polar surface area (TPSA) is 29.1 Å². The largest absolute Gasteiger partial charge is 0.321 e. The summed E-state index contributed by atoms with van der Waals surface area (Å²) in [6.45, 7) is 4.10. The van der Waals surface area contributed by atoms with Crippen molar-refractivity contribution in [1.29, 1.82) is 0 Å². The molecule has 1 heterocycles. The first-order chi connectivity index (χ1) is 9.15.